The Kier molecular flexibility index (Phi) is 11.0. The van der Waals surface area contributed by atoms with Crippen molar-refractivity contribution in [2.75, 3.05) is 32.6 Å². The van der Waals surface area contributed by atoms with Gasteiger partial charge in [-0.2, -0.15) is 0 Å². The molecule has 7 nitrogen and oxygen atoms in total. The van der Waals surface area contributed by atoms with Crippen molar-refractivity contribution in [3.05, 3.63) is 53.7 Å². The van der Waals surface area contributed by atoms with Crippen molar-refractivity contribution in [2.45, 2.75) is 26.8 Å². The van der Waals surface area contributed by atoms with Crippen LogP contribution < -0.4 is 15.4 Å². The first-order chi connectivity index (χ1) is 13.5. The minimum absolute atomic E-state index is 0. The average Bonchev–Trinajstić information content (AvgIpc) is 2.67. The molecule has 1 aromatic heterocycles. The van der Waals surface area contributed by atoms with Crippen LogP contribution in [0.1, 0.15) is 24.6 Å². The number of guanidine groups is 1. The number of nitrogens with one attached hydrogen (secondary N) is 2. The van der Waals surface area contributed by atoms with Crippen molar-refractivity contribution in [3.8, 4) is 5.75 Å². The van der Waals surface area contributed by atoms with Gasteiger partial charge >= 0.3 is 0 Å². The molecule has 0 aliphatic carbocycles. The quantitative estimate of drug-likeness (QED) is 0.323. The first-order valence-electron chi connectivity index (χ1n) is 9.39. The first kappa shape index (κ1) is 24.7. The third-order valence-corrected chi connectivity index (χ3v) is 4.02. The lowest BCUT2D eigenvalue weighted by Crippen LogP contribution is -2.39. The van der Waals surface area contributed by atoms with E-state index in [4.69, 9.17) is 4.74 Å². The molecule has 0 fully saturated rings. The molecule has 0 unspecified atom stereocenters. The highest BCUT2D eigenvalue weighted by Crippen LogP contribution is 2.13. The highest BCUT2D eigenvalue weighted by Gasteiger charge is 2.08. The molecule has 1 aromatic carbocycles. The van der Waals surface area contributed by atoms with Gasteiger partial charge in [0.25, 0.3) is 0 Å². The van der Waals surface area contributed by atoms with Crippen molar-refractivity contribution < 1.29 is 9.53 Å². The lowest BCUT2D eigenvalue weighted by Gasteiger charge is -2.22. The zero-order valence-corrected chi connectivity index (χ0v) is 19.8. The fraction of sp³-hybridized carbons (Fsp3) is 0.381. The molecule has 2 aromatic rings. The number of pyridine rings is 1. The molecule has 158 valence electrons. The van der Waals surface area contributed by atoms with E-state index < -0.39 is 0 Å². The molecular formula is C21H30IN5O2. The molecule has 29 heavy (non-hydrogen) atoms. The van der Waals surface area contributed by atoms with Gasteiger partial charge in [0.15, 0.2) is 5.96 Å². The van der Waals surface area contributed by atoms with E-state index in [0.717, 1.165) is 23.0 Å². The molecule has 0 atom stereocenters. The third kappa shape index (κ3) is 8.68. The van der Waals surface area contributed by atoms with Crippen LogP contribution in [0.2, 0.25) is 0 Å². The number of halogens is 1. The van der Waals surface area contributed by atoms with Crippen LogP contribution >= 0.6 is 24.0 Å². The fourth-order valence-corrected chi connectivity index (χ4v) is 2.70. The molecule has 1 heterocycles. The molecule has 2 N–H and O–H groups in total. The largest absolute Gasteiger partial charge is 0.494 e. The number of ether oxygens (including phenoxy) is 1. The van der Waals surface area contributed by atoms with Crippen LogP contribution in [0.3, 0.4) is 0 Å². The predicted molar refractivity (Wildman–Crippen MR) is 128 cm³/mol. The fourth-order valence-electron chi connectivity index (χ4n) is 2.70. The Bertz CT molecular complexity index is 796. The molecular weight excluding hydrogens is 481 g/mol. The van der Waals surface area contributed by atoms with Gasteiger partial charge in [-0.05, 0) is 43.7 Å². The summed E-state index contributed by atoms with van der Waals surface area (Å²) in [6, 6.07) is 13.5. The molecule has 1 amide bonds. The third-order valence-electron chi connectivity index (χ3n) is 4.02. The van der Waals surface area contributed by atoms with Crippen LogP contribution in [0.25, 0.3) is 0 Å². The van der Waals surface area contributed by atoms with Gasteiger partial charge in [0.1, 0.15) is 11.6 Å². The summed E-state index contributed by atoms with van der Waals surface area (Å²) in [5.74, 6) is 2.08. The highest BCUT2D eigenvalue weighted by molar-refractivity contribution is 14.0. The van der Waals surface area contributed by atoms with Crippen molar-refractivity contribution in [3.63, 3.8) is 0 Å². The highest BCUT2D eigenvalue weighted by atomic mass is 127. The molecule has 0 saturated heterocycles. The Hall–Kier alpha value is -2.36. The average molecular weight is 511 g/mol. The molecule has 0 spiro atoms. The Morgan fingerprint density at radius 2 is 1.93 bits per heavy atom. The van der Waals surface area contributed by atoms with E-state index in [1.807, 2.05) is 62.2 Å². The number of aryl methyl sites for hydroxylation is 1. The summed E-state index contributed by atoms with van der Waals surface area (Å²) in [5, 5.41) is 6.02. The van der Waals surface area contributed by atoms with Gasteiger partial charge in [-0.1, -0.05) is 18.2 Å². The van der Waals surface area contributed by atoms with Crippen LogP contribution in [-0.2, 0) is 11.3 Å². The van der Waals surface area contributed by atoms with E-state index in [0.29, 0.717) is 31.9 Å². The second-order valence-electron chi connectivity index (χ2n) is 6.37. The Morgan fingerprint density at radius 3 is 2.55 bits per heavy atom. The van der Waals surface area contributed by atoms with Gasteiger partial charge in [-0.3, -0.25) is 9.79 Å². The summed E-state index contributed by atoms with van der Waals surface area (Å²) in [5.41, 5.74) is 2.02. The van der Waals surface area contributed by atoms with E-state index in [9.17, 15) is 4.79 Å². The van der Waals surface area contributed by atoms with Crippen molar-refractivity contribution >= 4 is 41.7 Å². The number of rotatable bonds is 8. The lowest BCUT2D eigenvalue weighted by atomic mass is 10.2. The van der Waals surface area contributed by atoms with Crippen molar-refractivity contribution in [1.82, 2.24) is 15.2 Å². The maximum absolute atomic E-state index is 12.1. The van der Waals surface area contributed by atoms with Crippen LogP contribution in [0.4, 0.5) is 5.82 Å². The monoisotopic (exact) mass is 511 g/mol. The van der Waals surface area contributed by atoms with Gasteiger partial charge in [-0.15, -0.1) is 24.0 Å². The van der Waals surface area contributed by atoms with Crippen molar-refractivity contribution in [2.24, 2.45) is 4.99 Å². The van der Waals surface area contributed by atoms with E-state index in [2.05, 4.69) is 20.6 Å². The summed E-state index contributed by atoms with van der Waals surface area (Å²) in [4.78, 5) is 22.7. The number of benzene rings is 1. The summed E-state index contributed by atoms with van der Waals surface area (Å²) in [6.45, 7) is 5.70. The summed E-state index contributed by atoms with van der Waals surface area (Å²) >= 11 is 0. The molecule has 8 heteroatoms. The van der Waals surface area contributed by atoms with Gasteiger partial charge in [-0.25, -0.2) is 4.98 Å². The van der Waals surface area contributed by atoms with Gasteiger partial charge < -0.3 is 20.3 Å². The van der Waals surface area contributed by atoms with E-state index in [1.165, 1.54) is 0 Å². The molecule has 0 radical (unpaired) electrons. The van der Waals surface area contributed by atoms with Crippen LogP contribution in [0.15, 0.2) is 47.5 Å². The summed E-state index contributed by atoms with van der Waals surface area (Å²) in [6.07, 6.45) is 0.325. The van der Waals surface area contributed by atoms with Crippen LogP contribution in [-0.4, -0.2) is 49.0 Å². The minimum Gasteiger partial charge on any atom is -0.494 e. The minimum atomic E-state index is -0.0878. The van der Waals surface area contributed by atoms with Crippen LogP contribution in [0.5, 0.6) is 5.75 Å². The second-order valence-corrected chi connectivity index (χ2v) is 6.37. The van der Waals surface area contributed by atoms with Gasteiger partial charge in [0.05, 0.1) is 6.61 Å². The number of hydrogen-bond donors (Lipinski definition) is 2. The predicted octanol–water partition coefficient (Wildman–Crippen LogP) is 3.44. The maximum Gasteiger partial charge on any atom is 0.227 e. The standard InChI is InChI=1S/C21H29N5O2.HI/c1-5-28-18-11-9-17(10-12-18)15-26(4)21(22-3)23-14-13-20(27)25-19-8-6-7-16(2)24-19;/h6-12H,5,13-15H2,1-4H3,(H,22,23)(H,24,25,27);1H. The van der Waals surface area contributed by atoms with Crippen molar-refractivity contribution in [1.29, 1.82) is 0 Å². The number of carbonyl (C=O) groups excluding carboxylic acids is 1. The zero-order chi connectivity index (χ0) is 20.4. The number of anilines is 1. The molecule has 0 saturated carbocycles. The van der Waals surface area contributed by atoms with Gasteiger partial charge in [0, 0.05) is 39.3 Å². The Balaban J connectivity index is 0.00000420. The second kappa shape index (κ2) is 13.0. The van der Waals surface area contributed by atoms with E-state index in [1.54, 1.807) is 13.1 Å². The maximum atomic E-state index is 12.1. The lowest BCUT2D eigenvalue weighted by molar-refractivity contribution is -0.116. The zero-order valence-electron chi connectivity index (χ0n) is 17.4. The number of aliphatic imine (C=N–C) groups is 1. The smallest absolute Gasteiger partial charge is 0.227 e. The SMILES string of the molecule is CCOc1ccc(CN(C)C(=NC)NCCC(=O)Nc2cccc(C)n2)cc1.I. The number of amides is 1. The summed E-state index contributed by atoms with van der Waals surface area (Å²) < 4.78 is 5.47. The molecule has 2 rings (SSSR count). The first-order valence-corrected chi connectivity index (χ1v) is 9.39. The molecule has 0 bridgehead atoms. The Morgan fingerprint density at radius 1 is 1.21 bits per heavy atom. The Labute approximate surface area is 190 Å². The number of hydrogen-bond acceptors (Lipinski definition) is 4. The normalized spacial score (nSPS) is 10.7. The van der Waals surface area contributed by atoms with E-state index in [-0.39, 0.29) is 29.9 Å². The molecule has 0 aliphatic rings. The van der Waals surface area contributed by atoms with Gasteiger partial charge in [0.2, 0.25) is 5.91 Å². The van der Waals surface area contributed by atoms with E-state index >= 15 is 0 Å². The number of aromatic nitrogens is 1. The topological polar surface area (TPSA) is 78.8 Å². The number of nitrogens with zero attached hydrogens (tertiary/aromatic N) is 3. The summed E-state index contributed by atoms with van der Waals surface area (Å²) in [7, 11) is 3.69. The number of carbonyl (C=O) groups is 1. The van der Waals surface area contributed by atoms with Crippen LogP contribution in [0, 0.1) is 6.92 Å². The molecule has 0 aliphatic heterocycles.